The lowest BCUT2D eigenvalue weighted by Crippen LogP contribution is -2.33. The zero-order chi connectivity index (χ0) is 20.5. The summed E-state index contributed by atoms with van der Waals surface area (Å²) in [6.45, 7) is 6.67. The zero-order valence-corrected chi connectivity index (χ0v) is 17.0. The van der Waals surface area contributed by atoms with E-state index in [1.807, 2.05) is 4.90 Å². The van der Waals surface area contributed by atoms with Crippen molar-refractivity contribution in [2.45, 2.75) is 52.1 Å². The molecule has 0 aliphatic heterocycles. The quantitative estimate of drug-likeness (QED) is 0.614. The van der Waals surface area contributed by atoms with Crippen LogP contribution in [0.2, 0.25) is 0 Å². The van der Waals surface area contributed by atoms with Gasteiger partial charge in [0.05, 0.1) is 5.69 Å². The van der Waals surface area contributed by atoms with E-state index in [1.54, 1.807) is 23.7 Å². The number of rotatable bonds is 6. The van der Waals surface area contributed by atoms with Crippen molar-refractivity contribution in [3.8, 4) is 5.69 Å². The number of hydrogen-bond donors (Lipinski definition) is 0. The Morgan fingerprint density at radius 2 is 1.79 bits per heavy atom. The Bertz CT molecular complexity index is 1000. The Labute approximate surface area is 170 Å². The second kappa shape index (κ2) is 7.78. The van der Waals surface area contributed by atoms with Gasteiger partial charge in [0.1, 0.15) is 11.6 Å². The van der Waals surface area contributed by atoms with E-state index in [4.69, 9.17) is 0 Å². The molecular formula is C23H25FN4O. The molecule has 0 atom stereocenters. The van der Waals surface area contributed by atoms with Crippen LogP contribution in [0.5, 0.6) is 0 Å². The molecule has 3 aromatic rings. The van der Waals surface area contributed by atoms with Crippen LogP contribution >= 0.6 is 0 Å². The minimum absolute atomic E-state index is 0.163. The van der Waals surface area contributed by atoms with Gasteiger partial charge in [-0.2, -0.15) is 0 Å². The summed E-state index contributed by atoms with van der Waals surface area (Å²) in [6.07, 6.45) is 2.01. The Balaban J connectivity index is 1.56. The highest BCUT2D eigenvalue weighted by molar-refractivity contribution is 5.91. The highest BCUT2D eigenvalue weighted by Crippen LogP contribution is 2.30. The summed E-state index contributed by atoms with van der Waals surface area (Å²) in [5.74, 6) is 0.776. The molecule has 1 aliphatic carbocycles. The van der Waals surface area contributed by atoms with Gasteiger partial charge in [-0.3, -0.25) is 4.79 Å². The third kappa shape index (κ3) is 4.21. The normalized spacial score (nSPS) is 13.7. The SMILES string of the molecule is Cc1nc(C(=O)N(Cc2ccc(C(C)C)cc2)C2CC2)nn1-c1ccc(F)cc1. The maximum atomic E-state index is 13.2. The maximum Gasteiger partial charge on any atom is 0.294 e. The number of hydrogen-bond acceptors (Lipinski definition) is 3. The van der Waals surface area contributed by atoms with Crippen LogP contribution in [0.3, 0.4) is 0 Å². The van der Waals surface area contributed by atoms with Gasteiger partial charge >= 0.3 is 0 Å². The van der Waals surface area contributed by atoms with Crippen LogP contribution in [0.4, 0.5) is 4.39 Å². The molecule has 5 nitrogen and oxygen atoms in total. The molecule has 2 aromatic carbocycles. The van der Waals surface area contributed by atoms with Crippen LogP contribution in [0, 0.1) is 12.7 Å². The van der Waals surface area contributed by atoms with Gasteiger partial charge < -0.3 is 4.90 Å². The molecule has 4 rings (SSSR count). The van der Waals surface area contributed by atoms with Gasteiger partial charge in [0.2, 0.25) is 5.82 Å². The number of amides is 1. The van der Waals surface area contributed by atoms with Gasteiger partial charge in [0.15, 0.2) is 0 Å². The Hall–Kier alpha value is -3.02. The molecule has 0 radical (unpaired) electrons. The van der Waals surface area contributed by atoms with Crippen LogP contribution in [-0.4, -0.2) is 31.6 Å². The number of carbonyl (C=O) groups excluding carboxylic acids is 1. The molecule has 0 spiro atoms. The summed E-state index contributed by atoms with van der Waals surface area (Å²) in [7, 11) is 0. The second-order valence-electron chi connectivity index (χ2n) is 7.93. The van der Waals surface area contributed by atoms with Crippen LogP contribution in [0.25, 0.3) is 5.69 Å². The molecule has 29 heavy (non-hydrogen) atoms. The number of aryl methyl sites for hydroxylation is 1. The smallest absolute Gasteiger partial charge is 0.294 e. The van der Waals surface area contributed by atoms with Crippen molar-refractivity contribution in [1.29, 1.82) is 0 Å². The number of aromatic nitrogens is 3. The number of benzene rings is 2. The molecule has 0 saturated heterocycles. The van der Waals surface area contributed by atoms with Gasteiger partial charge in [-0.15, -0.1) is 5.10 Å². The first-order valence-corrected chi connectivity index (χ1v) is 10.0. The first-order chi connectivity index (χ1) is 13.9. The van der Waals surface area contributed by atoms with Crippen molar-refractivity contribution < 1.29 is 9.18 Å². The molecule has 0 unspecified atom stereocenters. The Morgan fingerprint density at radius 3 is 2.38 bits per heavy atom. The molecule has 1 aliphatic rings. The minimum atomic E-state index is -0.314. The van der Waals surface area contributed by atoms with Crippen molar-refractivity contribution in [2.75, 3.05) is 0 Å². The van der Waals surface area contributed by atoms with E-state index in [9.17, 15) is 9.18 Å². The van der Waals surface area contributed by atoms with Gasteiger partial charge in [0.25, 0.3) is 5.91 Å². The summed E-state index contributed by atoms with van der Waals surface area (Å²) in [4.78, 5) is 19.4. The van der Waals surface area contributed by atoms with Gasteiger partial charge in [-0.05, 0) is 61.1 Å². The molecule has 1 saturated carbocycles. The molecule has 1 fully saturated rings. The Kier molecular flexibility index (Phi) is 5.18. The van der Waals surface area contributed by atoms with Crippen molar-refractivity contribution >= 4 is 5.91 Å². The number of carbonyl (C=O) groups is 1. The summed E-state index contributed by atoms with van der Waals surface area (Å²) in [5, 5.41) is 4.41. The first kappa shape index (κ1) is 19.3. The van der Waals surface area contributed by atoms with Gasteiger partial charge in [-0.25, -0.2) is 14.1 Å². The predicted octanol–water partition coefficient (Wildman–Crippen LogP) is 4.64. The van der Waals surface area contributed by atoms with Crippen LogP contribution in [0.15, 0.2) is 48.5 Å². The topological polar surface area (TPSA) is 51.0 Å². The van der Waals surface area contributed by atoms with Gasteiger partial charge in [-0.1, -0.05) is 38.1 Å². The molecule has 0 bridgehead atoms. The van der Waals surface area contributed by atoms with Crippen LogP contribution in [0.1, 0.15) is 60.2 Å². The fourth-order valence-electron chi connectivity index (χ4n) is 3.39. The third-order valence-corrected chi connectivity index (χ3v) is 5.28. The van der Waals surface area contributed by atoms with E-state index in [0.29, 0.717) is 24.0 Å². The number of halogens is 1. The molecule has 1 heterocycles. The highest BCUT2D eigenvalue weighted by Gasteiger charge is 2.35. The Morgan fingerprint density at radius 1 is 1.14 bits per heavy atom. The predicted molar refractivity (Wildman–Crippen MR) is 109 cm³/mol. The summed E-state index contributed by atoms with van der Waals surface area (Å²) >= 11 is 0. The maximum absolute atomic E-state index is 13.2. The summed E-state index contributed by atoms with van der Waals surface area (Å²) in [5.41, 5.74) is 3.07. The summed E-state index contributed by atoms with van der Waals surface area (Å²) < 4.78 is 14.8. The standard InChI is InChI=1S/C23H25FN4O/c1-15(2)18-6-4-17(5-7-18)14-27(20-12-13-20)23(29)22-25-16(3)28(26-22)21-10-8-19(24)9-11-21/h4-11,15,20H,12-14H2,1-3H3. The van der Waals surface area contributed by atoms with Crippen LogP contribution in [-0.2, 0) is 6.54 Å². The van der Waals surface area contributed by atoms with Crippen molar-refractivity contribution in [3.05, 3.63) is 77.1 Å². The van der Waals surface area contributed by atoms with E-state index in [1.165, 1.54) is 17.7 Å². The number of nitrogens with zero attached hydrogens (tertiary/aromatic N) is 4. The summed E-state index contributed by atoms with van der Waals surface area (Å²) in [6, 6.07) is 14.7. The van der Waals surface area contributed by atoms with E-state index >= 15 is 0 Å². The average molecular weight is 392 g/mol. The average Bonchev–Trinajstić information content (AvgIpc) is 3.48. The lowest BCUT2D eigenvalue weighted by atomic mass is 10.0. The first-order valence-electron chi connectivity index (χ1n) is 10.0. The molecule has 0 N–H and O–H groups in total. The molecular weight excluding hydrogens is 367 g/mol. The van der Waals surface area contributed by atoms with Crippen LogP contribution < -0.4 is 0 Å². The largest absolute Gasteiger partial charge is 0.329 e. The third-order valence-electron chi connectivity index (χ3n) is 5.28. The second-order valence-corrected chi connectivity index (χ2v) is 7.93. The fraction of sp³-hybridized carbons (Fsp3) is 0.348. The van der Waals surface area contributed by atoms with Crippen molar-refractivity contribution in [3.63, 3.8) is 0 Å². The lowest BCUT2D eigenvalue weighted by molar-refractivity contribution is 0.0717. The minimum Gasteiger partial charge on any atom is -0.329 e. The zero-order valence-electron chi connectivity index (χ0n) is 17.0. The van der Waals surface area contributed by atoms with Gasteiger partial charge in [0, 0.05) is 12.6 Å². The van der Waals surface area contributed by atoms with E-state index in [-0.39, 0.29) is 23.6 Å². The lowest BCUT2D eigenvalue weighted by Gasteiger charge is -2.21. The van der Waals surface area contributed by atoms with Crippen molar-refractivity contribution in [2.24, 2.45) is 0 Å². The van der Waals surface area contributed by atoms with Crippen molar-refractivity contribution in [1.82, 2.24) is 19.7 Å². The van der Waals surface area contributed by atoms with E-state index < -0.39 is 0 Å². The molecule has 1 amide bonds. The fourth-order valence-corrected chi connectivity index (χ4v) is 3.39. The molecule has 150 valence electrons. The molecule has 6 heteroatoms. The van der Waals surface area contributed by atoms with E-state index in [2.05, 4.69) is 48.2 Å². The highest BCUT2D eigenvalue weighted by atomic mass is 19.1. The van der Waals surface area contributed by atoms with E-state index in [0.717, 1.165) is 18.4 Å². The molecule has 1 aromatic heterocycles. The monoisotopic (exact) mass is 392 g/mol.